The van der Waals surface area contributed by atoms with Crippen molar-refractivity contribution in [3.63, 3.8) is 0 Å². The van der Waals surface area contributed by atoms with E-state index in [4.69, 9.17) is 0 Å². The Morgan fingerprint density at radius 3 is 2.08 bits per heavy atom. The lowest BCUT2D eigenvalue weighted by atomic mass is 9.92. The zero-order chi connectivity index (χ0) is 9.72. The molecule has 0 spiro atoms. The molecule has 0 aromatic heterocycles. The van der Waals surface area contributed by atoms with E-state index >= 15 is 0 Å². The van der Waals surface area contributed by atoms with Crippen LogP contribution in [0.1, 0.15) is 33.6 Å². The van der Waals surface area contributed by atoms with Crippen LogP contribution in [-0.4, -0.2) is 22.2 Å². The van der Waals surface area contributed by atoms with Crippen molar-refractivity contribution < 1.29 is 10.0 Å². The van der Waals surface area contributed by atoms with Gasteiger partial charge in [-0.3, -0.25) is 10.1 Å². The molecule has 0 saturated carbocycles. The van der Waals surface area contributed by atoms with Gasteiger partial charge in [0, 0.05) is 11.8 Å². The fourth-order valence-electron chi connectivity index (χ4n) is 1.29. The summed E-state index contributed by atoms with van der Waals surface area (Å²) in [5, 5.41) is 19.8. The molecule has 12 heavy (non-hydrogen) atoms. The standard InChI is InChI=1S/C8H17NO3/c1-4-7(5-2)8(10)6(3)9(11)12/h6-8,10H,4-5H2,1-3H3. The van der Waals surface area contributed by atoms with Gasteiger partial charge < -0.3 is 5.11 Å². The summed E-state index contributed by atoms with van der Waals surface area (Å²) >= 11 is 0. The van der Waals surface area contributed by atoms with Gasteiger partial charge in [0.25, 0.3) is 0 Å². The molecule has 0 aliphatic rings. The highest BCUT2D eigenvalue weighted by atomic mass is 16.6. The Hall–Kier alpha value is -0.640. The maximum Gasteiger partial charge on any atom is 0.236 e. The zero-order valence-corrected chi connectivity index (χ0v) is 7.86. The molecule has 2 atom stereocenters. The van der Waals surface area contributed by atoms with E-state index in [0.29, 0.717) is 0 Å². The second kappa shape index (κ2) is 5.09. The SMILES string of the molecule is CCC(CC)C(O)C(C)[N+](=O)[O-]. The maximum atomic E-state index is 10.3. The van der Waals surface area contributed by atoms with Gasteiger partial charge in [0.15, 0.2) is 0 Å². The first kappa shape index (κ1) is 11.4. The molecule has 0 aromatic carbocycles. The Balaban J connectivity index is 4.14. The summed E-state index contributed by atoms with van der Waals surface area (Å²) in [6.07, 6.45) is 0.765. The summed E-state index contributed by atoms with van der Waals surface area (Å²) < 4.78 is 0. The van der Waals surface area contributed by atoms with Gasteiger partial charge in [0.2, 0.25) is 6.04 Å². The van der Waals surface area contributed by atoms with E-state index in [-0.39, 0.29) is 5.92 Å². The van der Waals surface area contributed by atoms with Crippen molar-refractivity contribution in [3.05, 3.63) is 10.1 Å². The number of hydrogen-bond acceptors (Lipinski definition) is 3. The molecule has 0 aliphatic carbocycles. The number of nitrogens with zero attached hydrogens (tertiary/aromatic N) is 1. The van der Waals surface area contributed by atoms with Gasteiger partial charge in [0.05, 0.1) is 0 Å². The van der Waals surface area contributed by atoms with Crippen molar-refractivity contribution in [2.75, 3.05) is 0 Å². The molecule has 1 N–H and O–H groups in total. The Morgan fingerprint density at radius 1 is 1.42 bits per heavy atom. The Bertz CT molecular complexity index is 145. The third-order valence-electron chi connectivity index (χ3n) is 2.36. The number of hydrogen-bond donors (Lipinski definition) is 1. The van der Waals surface area contributed by atoms with Crippen molar-refractivity contribution in [3.8, 4) is 0 Å². The Labute approximate surface area is 72.7 Å². The van der Waals surface area contributed by atoms with Crippen molar-refractivity contribution >= 4 is 0 Å². The molecule has 0 aromatic rings. The molecular weight excluding hydrogens is 158 g/mol. The van der Waals surface area contributed by atoms with Crippen LogP contribution in [0.25, 0.3) is 0 Å². The fraction of sp³-hybridized carbons (Fsp3) is 1.00. The third kappa shape index (κ3) is 2.77. The van der Waals surface area contributed by atoms with Crippen LogP contribution in [0.5, 0.6) is 0 Å². The largest absolute Gasteiger partial charge is 0.386 e. The van der Waals surface area contributed by atoms with Crippen molar-refractivity contribution in [2.24, 2.45) is 5.92 Å². The van der Waals surface area contributed by atoms with Gasteiger partial charge >= 0.3 is 0 Å². The topological polar surface area (TPSA) is 63.4 Å². The molecule has 0 saturated heterocycles. The van der Waals surface area contributed by atoms with Gasteiger partial charge in [-0.05, 0) is 5.92 Å². The summed E-state index contributed by atoms with van der Waals surface area (Å²) in [4.78, 5) is 9.90. The lowest BCUT2D eigenvalue weighted by Crippen LogP contribution is -2.36. The highest BCUT2D eigenvalue weighted by Crippen LogP contribution is 2.16. The van der Waals surface area contributed by atoms with Crippen LogP contribution in [0.2, 0.25) is 0 Å². The van der Waals surface area contributed by atoms with Crippen LogP contribution in [0, 0.1) is 16.0 Å². The van der Waals surface area contributed by atoms with Gasteiger partial charge in [-0.1, -0.05) is 26.7 Å². The molecule has 0 heterocycles. The minimum atomic E-state index is -0.852. The van der Waals surface area contributed by atoms with Crippen molar-refractivity contribution in [2.45, 2.75) is 45.8 Å². The van der Waals surface area contributed by atoms with Gasteiger partial charge in [-0.2, -0.15) is 0 Å². The highest BCUT2D eigenvalue weighted by molar-refractivity contribution is 4.71. The molecule has 0 amide bonds. The van der Waals surface area contributed by atoms with E-state index in [1.165, 1.54) is 6.92 Å². The average molecular weight is 175 g/mol. The molecule has 4 nitrogen and oxygen atoms in total. The Kier molecular flexibility index (Phi) is 4.81. The van der Waals surface area contributed by atoms with Gasteiger partial charge in [-0.15, -0.1) is 0 Å². The first-order valence-electron chi connectivity index (χ1n) is 4.36. The van der Waals surface area contributed by atoms with Crippen LogP contribution < -0.4 is 0 Å². The van der Waals surface area contributed by atoms with Crippen LogP contribution in [0.15, 0.2) is 0 Å². The van der Waals surface area contributed by atoms with E-state index in [1.807, 2.05) is 13.8 Å². The van der Waals surface area contributed by atoms with Crippen molar-refractivity contribution in [1.29, 1.82) is 0 Å². The first-order valence-corrected chi connectivity index (χ1v) is 4.36. The van der Waals surface area contributed by atoms with Crippen LogP contribution in [0.3, 0.4) is 0 Å². The molecule has 2 unspecified atom stereocenters. The first-order chi connectivity index (χ1) is 5.54. The summed E-state index contributed by atoms with van der Waals surface area (Å²) in [5.74, 6) is 0.0467. The number of rotatable bonds is 5. The normalized spacial score (nSPS) is 16.1. The van der Waals surface area contributed by atoms with Crippen LogP contribution >= 0.6 is 0 Å². The summed E-state index contributed by atoms with van der Waals surface area (Å²) in [5.41, 5.74) is 0. The van der Waals surface area contributed by atoms with Gasteiger partial charge in [0.1, 0.15) is 6.10 Å². The van der Waals surface area contributed by atoms with Gasteiger partial charge in [-0.25, -0.2) is 0 Å². The minimum absolute atomic E-state index is 0.0467. The zero-order valence-electron chi connectivity index (χ0n) is 7.86. The Morgan fingerprint density at radius 2 is 1.83 bits per heavy atom. The number of aliphatic hydroxyl groups excluding tert-OH is 1. The molecule has 0 fully saturated rings. The maximum absolute atomic E-state index is 10.3. The summed E-state index contributed by atoms with van der Waals surface area (Å²) in [6.45, 7) is 5.32. The minimum Gasteiger partial charge on any atom is -0.386 e. The average Bonchev–Trinajstić information content (AvgIpc) is 2.05. The number of nitro groups is 1. The predicted octanol–water partition coefficient (Wildman–Crippen LogP) is 1.45. The highest BCUT2D eigenvalue weighted by Gasteiger charge is 2.29. The number of aliphatic hydroxyl groups is 1. The van der Waals surface area contributed by atoms with E-state index in [9.17, 15) is 15.2 Å². The van der Waals surface area contributed by atoms with Crippen LogP contribution in [0.4, 0.5) is 0 Å². The smallest absolute Gasteiger partial charge is 0.236 e. The lowest BCUT2D eigenvalue weighted by molar-refractivity contribution is -0.532. The predicted molar refractivity (Wildman–Crippen MR) is 46.5 cm³/mol. The quantitative estimate of drug-likeness (QED) is 0.508. The van der Waals surface area contributed by atoms with E-state index < -0.39 is 17.1 Å². The fourth-order valence-corrected chi connectivity index (χ4v) is 1.29. The van der Waals surface area contributed by atoms with Crippen LogP contribution in [-0.2, 0) is 0 Å². The van der Waals surface area contributed by atoms with E-state index in [1.54, 1.807) is 0 Å². The monoisotopic (exact) mass is 175 g/mol. The van der Waals surface area contributed by atoms with E-state index in [0.717, 1.165) is 12.8 Å². The third-order valence-corrected chi connectivity index (χ3v) is 2.36. The molecule has 0 rings (SSSR count). The summed E-state index contributed by atoms with van der Waals surface area (Å²) in [6, 6.07) is -0.852. The molecule has 0 radical (unpaired) electrons. The lowest BCUT2D eigenvalue weighted by Gasteiger charge is -2.20. The molecule has 0 bridgehead atoms. The molecular formula is C8H17NO3. The second-order valence-corrected chi connectivity index (χ2v) is 3.09. The molecule has 0 aliphatic heterocycles. The molecule has 72 valence electrons. The second-order valence-electron chi connectivity index (χ2n) is 3.09. The summed E-state index contributed by atoms with van der Waals surface area (Å²) in [7, 11) is 0. The van der Waals surface area contributed by atoms with Crippen molar-refractivity contribution in [1.82, 2.24) is 0 Å². The van der Waals surface area contributed by atoms with E-state index in [2.05, 4.69) is 0 Å². The molecule has 4 heteroatoms.